The fraction of sp³-hybridized carbons (Fsp3) is 0.0204. The first kappa shape index (κ1) is 31.2. The van der Waals surface area contributed by atoms with Crippen LogP contribution in [0.4, 0.5) is 0 Å². The highest BCUT2D eigenvalue weighted by Crippen LogP contribution is 2.48. The lowest BCUT2D eigenvalue weighted by atomic mass is 9.97. The molecule has 0 nitrogen and oxygen atoms in total. The summed E-state index contributed by atoms with van der Waals surface area (Å²) in [6.45, 7) is 6.45. The van der Waals surface area contributed by atoms with Crippen molar-refractivity contribution in [2.24, 2.45) is 0 Å². The van der Waals surface area contributed by atoms with Crippen LogP contribution in [0.25, 0.3) is 105 Å². The minimum atomic E-state index is 1.14. The first-order valence-corrected chi connectivity index (χ1v) is 21.0. The Morgan fingerprint density at radius 1 is 0.434 bits per heavy atom. The third-order valence-corrected chi connectivity index (χ3v) is 15.1. The van der Waals surface area contributed by atoms with Gasteiger partial charge in [-0.2, -0.15) is 0 Å². The van der Waals surface area contributed by atoms with Crippen LogP contribution in [0.15, 0.2) is 152 Å². The highest BCUT2D eigenvalue weighted by atomic mass is 32.1. The van der Waals surface area contributed by atoms with E-state index in [0.717, 1.165) is 5.57 Å². The molecule has 0 radical (unpaired) electrons. The van der Waals surface area contributed by atoms with E-state index in [-0.39, 0.29) is 0 Å². The van der Waals surface area contributed by atoms with Gasteiger partial charge in [0.15, 0.2) is 0 Å². The molecule has 0 bridgehead atoms. The molecule has 0 N–H and O–H groups in total. The van der Waals surface area contributed by atoms with Crippen molar-refractivity contribution in [3.05, 3.63) is 168 Å². The third-order valence-electron chi connectivity index (χ3n) is 10.6. The fourth-order valence-electron chi connectivity index (χ4n) is 8.12. The molecule has 0 atom stereocenters. The Bertz CT molecular complexity index is 3290. The summed E-state index contributed by atoms with van der Waals surface area (Å²) < 4.78 is 9.35. The van der Waals surface area contributed by atoms with Crippen molar-refractivity contribution in [3.63, 3.8) is 0 Å². The molecule has 0 aliphatic rings. The van der Waals surface area contributed by atoms with Gasteiger partial charge in [0.2, 0.25) is 0 Å². The van der Waals surface area contributed by atoms with Gasteiger partial charge in [0.25, 0.3) is 0 Å². The van der Waals surface area contributed by atoms with Gasteiger partial charge < -0.3 is 0 Å². The SMILES string of the molecule is C=C/C(=C\c1c(C)sc2ccc3sc4ccc(-c5ccc6sc7ccc8sc9ccc(-c%10ccccc%10)cc9c8c7c6c5)cc4c3c12)c1ccccc1. The van der Waals surface area contributed by atoms with Gasteiger partial charge in [0, 0.05) is 75.5 Å². The number of thiophene rings is 4. The maximum absolute atomic E-state index is 4.19. The maximum Gasteiger partial charge on any atom is 0.0362 e. The van der Waals surface area contributed by atoms with Crippen molar-refractivity contribution in [3.8, 4) is 22.3 Å². The molecule has 53 heavy (non-hydrogen) atoms. The Morgan fingerprint density at radius 2 is 0.849 bits per heavy atom. The predicted molar refractivity (Wildman–Crippen MR) is 241 cm³/mol. The molecule has 0 spiro atoms. The van der Waals surface area contributed by atoms with Gasteiger partial charge in [0.05, 0.1) is 0 Å². The van der Waals surface area contributed by atoms with E-state index >= 15 is 0 Å². The van der Waals surface area contributed by atoms with E-state index in [9.17, 15) is 0 Å². The Kier molecular flexibility index (Phi) is 7.12. The van der Waals surface area contributed by atoms with Crippen molar-refractivity contribution in [2.75, 3.05) is 0 Å². The second-order valence-corrected chi connectivity index (χ2v) is 18.2. The van der Waals surface area contributed by atoms with Crippen LogP contribution in [-0.2, 0) is 0 Å². The zero-order valence-corrected chi connectivity index (χ0v) is 32.0. The molecule has 7 aromatic carbocycles. The minimum absolute atomic E-state index is 1.14. The molecule has 11 aromatic rings. The van der Waals surface area contributed by atoms with Crippen molar-refractivity contribution >= 4 is 128 Å². The standard InChI is InChI=1S/C49H30S4/c1-3-29(30-10-6-4-7-11-30)24-35-28(2)50-42-20-21-43-47(46(35)42)37-26-33(15-18-40(37)51-43)34-16-19-41-38(27-34)49-45(53-41)23-22-44-48(49)36-25-32(14-17-39(36)52-44)31-12-8-5-9-13-31/h3-27H,1H2,2H3/b29-24+. The molecular formula is C49H30S4. The lowest BCUT2D eigenvalue weighted by molar-refractivity contribution is 1.60. The van der Waals surface area contributed by atoms with Crippen molar-refractivity contribution in [2.45, 2.75) is 6.92 Å². The molecule has 11 rings (SSSR count). The Morgan fingerprint density at radius 3 is 1.34 bits per heavy atom. The summed E-state index contributed by atoms with van der Waals surface area (Å²) in [6.07, 6.45) is 4.33. The molecule has 4 heterocycles. The first-order valence-electron chi connectivity index (χ1n) is 17.8. The molecule has 0 saturated carbocycles. The van der Waals surface area contributed by atoms with Crippen LogP contribution in [-0.4, -0.2) is 0 Å². The van der Waals surface area contributed by atoms with Crippen LogP contribution in [0.5, 0.6) is 0 Å². The smallest absolute Gasteiger partial charge is 0.0362 e. The van der Waals surface area contributed by atoms with Crippen molar-refractivity contribution in [1.82, 2.24) is 0 Å². The molecule has 0 aliphatic heterocycles. The number of hydrogen-bond acceptors (Lipinski definition) is 4. The Balaban J connectivity index is 1.12. The fourth-order valence-corrected chi connectivity index (χ4v) is 12.5. The van der Waals surface area contributed by atoms with E-state index in [2.05, 4.69) is 159 Å². The van der Waals surface area contributed by atoms with Gasteiger partial charge >= 0.3 is 0 Å². The van der Waals surface area contributed by atoms with E-state index in [1.807, 2.05) is 51.4 Å². The summed E-state index contributed by atoms with van der Waals surface area (Å²) in [5.41, 5.74) is 8.66. The number of aryl methyl sites for hydroxylation is 1. The summed E-state index contributed by atoms with van der Waals surface area (Å²) in [6, 6.07) is 51.8. The number of hydrogen-bond donors (Lipinski definition) is 0. The molecule has 0 fully saturated rings. The van der Waals surface area contributed by atoms with Gasteiger partial charge in [-0.15, -0.1) is 45.3 Å². The minimum Gasteiger partial charge on any atom is -0.140 e. The van der Waals surface area contributed by atoms with E-state index in [1.54, 1.807) is 0 Å². The summed E-state index contributed by atoms with van der Waals surface area (Å²) >= 11 is 7.59. The largest absolute Gasteiger partial charge is 0.140 e. The Labute approximate surface area is 322 Å². The van der Waals surface area contributed by atoms with Crippen LogP contribution in [0.3, 0.4) is 0 Å². The molecule has 250 valence electrons. The van der Waals surface area contributed by atoms with E-state index in [0.29, 0.717) is 0 Å². The number of fused-ring (bicyclic) bond motifs is 12. The number of allylic oxidation sites excluding steroid dienone is 2. The number of rotatable bonds is 5. The molecule has 0 unspecified atom stereocenters. The average Bonchev–Trinajstić information content (AvgIpc) is 3.96. The predicted octanol–water partition coefficient (Wildman–Crippen LogP) is 16.4. The zero-order valence-electron chi connectivity index (χ0n) is 28.8. The van der Waals surface area contributed by atoms with E-state index < -0.39 is 0 Å². The van der Waals surface area contributed by atoms with Crippen LogP contribution in [0, 0.1) is 6.92 Å². The van der Waals surface area contributed by atoms with Crippen molar-refractivity contribution in [1.29, 1.82) is 0 Å². The Hall–Kier alpha value is -5.36. The lowest BCUT2D eigenvalue weighted by Crippen LogP contribution is -1.82. The maximum atomic E-state index is 4.19. The molecule has 0 amide bonds. The van der Waals surface area contributed by atoms with E-state index in [1.165, 1.54) is 109 Å². The zero-order chi connectivity index (χ0) is 35.2. The normalized spacial score (nSPS) is 12.4. The second kappa shape index (κ2) is 12.1. The monoisotopic (exact) mass is 746 g/mol. The van der Waals surface area contributed by atoms with Crippen LogP contribution < -0.4 is 0 Å². The van der Waals surface area contributed by atoms with Crippen LogP contribution >= 0.6 is 45.3 Å². The highest BCUT2D eigenvalue weighted by Gasteiger charge is 2.18. The highest BCUT2D eigenvalue weighted by molar-refractivity contribution is 7.28. The average molecular weight is 747 g/mol. The van der Waals surface area contributed by atoms with Gasteiger partial charge in [-0.3, -0.25) is 0 Å². The molecule has 0 aliphatic carbocycles. The van der Waals surface area contributed by atoms with Crippen molar-refractivity contribution < 1.29 is 0 Å². The third kappa shape index (κ3) is 4.91. The quantitative estimate of drug-likeness (QED) is 0.154. The lowest BCUT2D eigenvalue weighted by Gasteiger charge is -2.06. The summed E-state index contributed by atoms with van der Waals surface area (Å²) in [7, 11) is 0. The number of benzene rings is 7. The first-order chi connectivity index (χ1) is 26.1. The van der Waals surface area contributed by atoms with Gasteiger partial charge in [0.1, 0.15) is 0 Å². The van der Waals surface area contributed by atoms with Gasteiger partial charge in [-0.05, 0) is 113 Å². The topological polar surface area (TPSA) is 0 Å². The molecule has 4 heteroatoms. The van der Waals surface area contributed by atoms with Gasteiger partial charge in [-0.1, -0.05) is 91.5 Å². The van der Waals surface area contributed by atoms with E-state index in [4.69, 9.17) is 0 Å². The molecular weight excluding hydrogens is 717 g/mol. The molecule has 4 aromatic heterocycles. The summed E-state index contributed by atoms with van der Waals surface area (Å²) in [5, 5.41) is 9.49. The summed E-state index contributed by atoms with van der Waals surface area (Å²) in [5.74, 6) is 0. The molecule has 0 saturated heterocycles. The van der Waals surface area contributed by atoms with Crippen LogP contribution in [0.1, 0.15) is 16.0 Å². The second-order valence-electron chi connectivity index (χ2n) is 13.7. The van der Waals surface area contributed by atoms with Gasteiger partial charge in [-0.25, -0.2) is 0 Å². The summed E-state index contributed by atoms with van der Waals surface area (Å²) in [4.78, 5) is 1.33. The van der Waals surface area contributed by atoms with Crippen LogP contribution in [0.2, 0.25) is 0 Å².